The molecule has 5 heteroatoms. The molecular weight excluding hydrogens is 210 g/mol. The molecule has 1 rings (SSSR count). The summed E-state index contributed by atoms with van der Waals surface area (Å²) in [6, 6.07) is 0. The summed E-state index contributed by atoms with van der Waals surface area (Å²) in [5, 5.41) is 8.75. The van der Waals surface area contributed by atoms with Crippen LogP contribution in [-0.4, -0.2) is 23.0 Å². The number of carbonyl (C=O) groups excluding carboxylic acids is 1. The molecule has 1 aromatic heterocycles. The molecule has 0 aliphatic rings. The molecule has 0 spiro atoms. The minimum absolute atomic E-state index is 0.000116. The van der Waals surface area contributed by atoms with Gasteiger partial charge in [0.15, 0.2) is 0 Å². The van der Waals surface area contributed by atoms with Crippen molar-refractivity contribution in [3.63, 3.8) is 0 Å². The molecule has 0 bridgehead atoms. The van der Waals surface area contributed by atoms with Crippen LogP contribution in [0.25, 0.3) is 0 Å². The van der Waals surface area contributed by atoms with E-state index in [0.29, 0.717) is 13.1 Å². The summed E-state index contributed by atoms with van der Waals surface area (Å²) in [7, 11) is 0. The van der Waals surface area contributed by atoms with Crippen molar-refractivity contribution >= 4 is 17.2 Å². The van der Waals surface area contributed by atoms with Crippen molar-refractivity contribution in [2.45, 2.75) is 32.9 Å². The Morgan fingerprint density at radius 3 is 2.80 bits per heavy atom. The fourth-order valence-electron chi connectivity index (χ4n) is 0.922. The zero-order valence-corrected chi connectivity index (χ0v) is 10.1. The van der Waals surface area contributed by atoms with Gasteiger partial charge in [-0.3, -0.25) is 4.79 Å². The van der Waals surface area contributed by atoms with E-state index in [4.69, 9.17) is 0 Å². The number of aromatic nitrogens is 1. The summed E-state index contributed by atoms with van der Waals surface area (Å²) in [6.07, 6.45) is 1.74. The summed E-state index contributed by atoms with van der Waals surface area (Å²) in [6.45, 7) is 6.94. The molecule has 0 saturated heterocycles. The number of thiazole rings is 1. The van der Waals surface area contributed by atoms with E-state index < -0.39 is 0 Å². The molecule has 84 valence electrons. The van der Waals surface area contributed by atoms with Crippen LogP contribution in [0.1, 0.15) is 25.8 Å². The molecule has 0 atom stereocenters. The van der Waals surface area contributed by atoms with Gasteiger partial charge in [-0.25, -0.2) is 4.98 Å². The van der Waals surface area contributed by atoms with Crippen LogP contribution in [0.3, 0.4) is 0 Å². The van der Waals surface area contributed by atoms with E-state index in [-0.39, 0.29) is 11.4 Å². The smallest absolute Gasteiger partial charge is 0.234 e. The molecule has 2 N–H and O–H groups in total. The number of carbonyl (C=O) groups is 1. The molecule has 0 aliphatic carbocycles. The largest absolute Gasteiger partial charge is 0.348 e. The van der Waals surface area contributed by atoms with E-state index >= 15 is 0 Å². The van der Waals surface area contributed by atoms with E-state index in [2.05, 4.69) is 15.6 Å². The maximum absolute atomic E-state index is 11.4. The highest BCUT2D eigenvalue weighted by Crippen LogP contribution is 2.02. The third-order valence-electron chi connectivity index (χ3n) is 1.70. The molecule has 0 aliphatic heterocycles. The zero-order valence-electron chi connectivity index (χ0n) is 9.33. The Morgan fingerprint density at radius 2 is 2.27 bits per heavy atom. The third kappa shape index (κ3) is 5.49. The van der Waals surface area contributed by atoms with Gasteiger partial charge in [0.2, 0.25) is 5.91 Å². The fraction of sp³-hybridized carbons (Fsp3) is 0.600. The zero-order chi connectivity index (χ0) is 11.3. The Morgan fingerprint density at radius 1 is 1.53 bits per heavy atom. The van der Waals surface area contributed by atoms with Gasteiger partial charge in [-0.05, 0) is 20.8 Å². The lowest BCUT2D eigenvalue weighted by Crippen LogP contribution is -2.43. The van der Waals surface area contributed by atoms with Crippen LogP contribution in [0.5, 0.6) is 0 Å². The van der Waals surface area contributed by atoms with Crippen molar-refractivity contribution in [3.05, 3.63) is 16.6 Å². The fourth-order valence-corrected chi connectivity index (χ4v) is 1.48. The number of nitrogens with one attached hydrogen (secondary N) is 2. The number of nitrogens with zero attached hydrogens (tertiary/aromatic N) is 1. The van der Waals surface area contributed by atoms with E-state index in [1.54, 1.807) is 17.5 Å². The number of rotatable bonds is 4. The number of hydrogen-bond donors (Lipinski definition) is 2. The van der Waals surface area contributed by atoms with Crippen LogP contribution in [0.2, 0.25) is 0 Å². The van der Waals surface area contributed by atoms with Gasteiger partial charge in [-0.15, -0.1) is 11.3 Å². The first-order chi connectivity index (χ1) is 6.97. The molecule has 0 fully saturated rings. The van der Waals surface area contributed by atoms with Gasteiger partial charge in [0, 0.05) is 17.1 Å². The quantitative estimate of drug-likeness (QED) is 0.811. The predicted octanol–water partition coefficient (Wildman–Crippen LogP) is 1.15. The molecule has 0 unspecified atom stereocenters. The minimum atomic E-state index is -0.0292. The Kier molecular flexibility index (Phi) is 4.23. The topological polar surface area (TPSA) is 54.0 Å². The summed E-state index contributed by atoms with van der Waals surface area (Å²) in [5.74, 6) is 0.000116. The molecule has 1 heterocycles. The standard InChI is InChI=1S/C10H17N3OS/c1-10(2,3)13-6-8(14)12-7-9-11-4-5-15-9/h4-5,13H,6-7H2,1-3H3,(H,12,14). The second kappa shape index (κ2) is 5.23. The molecule has 15 heavy (non-hydrogen) atoms. The van der Waals surface area contributed by atoms with Crippen molar-refractivity contribution in [2.75, 3.05) is 6.54 Å². The molecule has 0 saturated carbocycles. The van der Waals surface area contributed by atoms with Gasteiger partial charge < -0.3 is 10.6 Å². The Labute approximate surface area is 94.1 Å². The predicted molar refractivity (Wildman–Crippen MR) is 61.7 cm³/mol. The van der Waals surface area contributed by atoms with Gasteiger partial charge >= 0.3 is 0 Å². The summed E-state index contributed by atoms with van der Waals surface area (Å²) >= 11 is 1.54. The lowest BCUT2D eigenvalue weighted by molar-refractivity contribution is -0.120. The highest BCUT2D eigenvalue weighted by atomic mass is 32.1. The summed E-state index contributed by atoms with van der Waals surface area (Å²) in [5.41, 5.74) is -0.0292. The van der Waals surface area contributed by atoms with E-state index in [9.17, 15) is 4.79 Å². The van der Waals surface area contributed by atoms with Crippen LogP contribution in [0.15, 0.2) is 11.6 Å². The monoisotopic (exact) mass is 227 g/mol. The van der Waals surface area contributed by atoms with Crippen molar-refractivity contribution < 1.29 is 4.79 Å². The average Bonchev–Trinajstić information content (AvgIpc) is 2.62. The van der Waals surface area contributed by atoms with Gasteiger partial charge in [0.05, 0.1) is 13.1 Å². The molecule has 1 aromatic rings. The van der Waals surface area contributed by atoms with Gasteiger partial charge in [-0.1, -0.05) is 0 Å². The Bertz CT molecular complexity index is 303. The number of hydrogen-bond acceptors (Lipinski definition) is 4. The second-order valence-corrected chi connectivity index (χ2v) is 5.29. The van der Waals surface area contributed by atoms with Crippen molar-refractivity contribution in [1.29, 1.82) is 0 Å². The first-order valence-electron chi connectivity index (χ1n) is 4.87. The average molecular weight is 227 g/mol. The number of amides is 1. The molecule has 0 aromatic carbocycles. The van der Waals surface area contributed by atoms with Gasteiger partial charge in [0.1, 0.15) is 5.01 Å². The van der Waals surface area contributed by atoms with Crippen molar-refractivity contribution in [2.24, 2.45) is 0 Å². The van der Waals surface area contributed by atoms with Gasteiger partial charge in [0.25, 0.3) is 0 Å². The lowest BCUT2D eigenvalue weighted by Gasteiger charge is -2.19. The SMILES string of the molecule is CC(C)(C)NCC(=O)NCc1nccs1. The van der Waals surface area contributed by atoms with Crippen LogP contribution < -0.4 is 10.6 Å². The third-order valence-corrected chi connectivity index (χ3v) is 2.48. The highest BCUT2D eigenvalue weighted by Gasteiger charge is 2.10. The molecule has 0 radical (unpaired) electrons. The molecular formula is C10H17N3OS. The first kappa shape index (κ1) is 12.1. The van der Waals surface area contributed by atoms with Crippen molar-refractivity contribution in [1.82, 2.24) is 15.6 Å². The van der Waals surface area contributed by atoms with Crippen LogP contribution >= 0.6 is 11.3 Å². The second-order valence-electron chi connectivity index (χ2n) is 4.31. The Hall–Kier alpha value is -0.940. The van der Waals surface area contributed by atoms with E-state index in [1.165, 1.54) is 0 Å². The van der Waals surface area contributed by atoms with Gasteiger partial charge in [-0.2, -0.15) is 0 Å². The lowest BCUT2D eigenvalue weighted by atomic mass is 10.1. The maximum atomic E-state index is 11.4. The van der Waals surface area contributed by atoms with E-state index in [0.717, 1.165) is 5.01 Å². The molecule has 1 amide bonds. The highest BCUT2D eigenvalue weighted by molar-refractivity contribution is 7.09. The van der Waals surface area contributed by atoms with Crippen LogP contribution in [0, 0.1) is 0 Å². The molecule has 4 nitrogen and oxygen atoms in total. The maximum Gasteiger partial charge on any atom is 0.234 e. The summed E-state index contributed by atoms with van der Waals surface area (Å²) < 4.78 is 0. The summed E-state index contributed by atoms with van der Waals surface area (Å²) in [4.78, 5) is 15.5. The minimum Gasteiger partial charge on any atom is -0.348 e. The van der Waals surface area contributed by atoms with Crippen LogP contribution in [0.4, 0.5) is 0 Å². The van der Waals surface area contributed by atoms with Crippen LogP contribution in [-0.2, 0) is 11.3 Å². The Balaban J connectivity index is 2.20. The van der Waals surface area contributed by atoms with Crippen molar-refractivity contribution in [3.8, 4) is 0 Å². The van der Waals surface area contributed by atoms with E-state index in [1.807, 2.05) is 26.2 Å². The first-order valence-corrected chi connectivity index (χ1v) is 5.75. The normalized spacial score (nSPS) is 11.4.